The van der Waals surface area contributed by atoms with Gasteiger partial charge in [-0.05, 0) is 22.9 Å². The van der Waals surface area contributed by atoms with Crippen LogP contribution in [0.1, 0.15) is 5.69 Å². The molecule has 0 aliphatic rings. The lowest BCUT2D eigenvalue weighted by atomic mass is 10.5. The Kier molecular flexibility index (Phi) is 1.38. The molecule has 0 bridgehead atoms. The number of halogens is 1. The Labute approximate surface area is 56.6 Å². The Morgan fingerprint density at radius 1 is 1.75 bits per heavy atom. The highest BCUT2D eigenvalue weighted by Crippen LogP contribution is 2.11. The highest BCUT2D eigenvalue weighted by Gasteiger charge is 1.96. The third-order valence-corrected chi connectivity index (χ3v) is 1.85. The first-order valence-corrected chi connectivity index (χ1v) is 3.08. The van der Waals surface area contributed by atoms with Gasteiger partial charge in [-0.1, -0.05) is 0 Å². The minimum absolute atomic E-state index is 0.944. The van der Waals surface area contributed by atoms with Crippen LogP contribution in [0.4, 0.5) is 0 Å². The average molecular weight is 174 g/mol. The van der Waals surface area contributed by atoms with Gasteiger partial charge in [-0.3, -0.25) is 4.68 Å². The van der Waals surface area contributed by atoms with Crippen LogP contribution in [0.2, 0.25) is 0 Å². The second kappa shape index (κ2) is 1.90. The predicted octanol–water partition coefficient (Wildman–Crippen LogP) is 1.29. The number of hydrogen-bond donors (Lipinski definition) is 0. The van der Waals surface area contributed by atoms with Crippen LogP contribution in [-0.4, -0.2) is 9.78 Å². The van der Waals surface area contributed by atoms with Crippen LogP contribution in [-0.2, 0) is 7.05 Å². The zero-order valence-electron chi connectivity index (χ0n) is 4.77. The molecule has 0 saturated carbocycles. The molecule has 0 spiro atoms. The normalized spacial score (nSPS) is 9.88. The van der Waals surface area contributed by atoms with Gasteiger partial charge in [0, 0.05) is 12.7 Å². The standard InChI is InChI=1S/C5H6BrN2/c1-4-5(6)3-7-8(4)2/h1-2H3. The monoisotopic (exact) mass is 173 g/mol. The molecule has 0 aliphatic carbocycles. The highest BCUT2D eigenvalue weighted by molar-refractivity contribution is 9.10. The van der Waals surface area contributed by atoms with Crippen LogP contribution in [0.3, 0.4) is 0 Å². The van der Waals surface area contributed by atoms with Crippen molar-refractivity contribution in [2.75, 3.05) is 0 Å². The zero-order valence-corrected chi connectivity index (χ0v) is 6.36. The first kappa shape index (κ1) is 5.82. The summed E-state index contributed by atoms with van der Waals surface area (Å²) in [5, 5.41) is 3.86. The van der Waals surface area contributed by atoms with Crippen molar-refractivity contribution >= 4 is 15.9 Å². The topological polar surface area (TPSA) is 17.8 Å². The maximum atomic E-state index is 3.86. The largest absolute Gasteiger partial charge is 0.271 e. The maximum absolute atomic E-state index is 3.86. The van der Waals surface area contributed by atoms with E-state index in [2.05, 4.69) is 27.2 Å². The fourth-order valence-corrected chi connectivity index (χ4v) is 0.753. The van der Waals surface area contributed by atoms with Crippen molar-refractivity contribution in [3.8, 4) is 0 Å². The Bertz CT molecular complexity index is 173. The molecule has 0 N–H and O–H groups in total. The lowest BCUT2D eigenvalue weighted by Gasteiger charge is -1.89. The van der Waals surface area contributed by atoms with E-state index in [1.54, 1.807) is 4.68 Å². The molecular weight excluding hydrogens is 168 g/mol. The van der Waals surface area contributed by atoms with Gasteiger partial charge in [0.1, 0.15) is 6.20 Å². The molecule has 0 unspecified atom stereocenters. The molecule has 0 saturated heterocycles. The van der Waals surface area contributed by atoms with E-state index in [1.165, 1.54) is 0 Å². The van der Waals surface area contributed by atoms with Gasteiger partial charge < -0.3 is 0 Å². The van der Waals surface area contributed by atoms with Gasteiger partial charge in [-0.15, -0.1) is 0 Å². The van der Waals surface area contributed by atoms with Gasteiger partial charge in [-0.2, -0.15) is 5.10 Å². The van der Waals surface area contributed by atoms with Gasteiger partial charge in [0.15, 0.2) is 0 Å². The van der Waals surface area contributed by atoms with E-state index in [-0.39, 0.29) is 0 Å². The summed E-state index contributed by atoms with van der Waals surface area (Å²) in [7, 11) is 1.89. The molecule has 1 heterocycles. The summed E-state index contributed by atoms with van der Waals surface area (Å²) in [4.78, 5) is 0. The molecular formula is C5H6BrN2. The van der Waals surface area contributed by atoms with Crippen molar-refractivity contribution in [1.82, 2.24) is 9.78 Å². The van der Waals surface area contributed by atoms with Crippen molar-refractivity contribution in [1.29, 1.82) is 0 Å². The maximum Gasteiger partial charge on any atom is 0.128 e. The van der Waals surface area contributed by atoms with Crippen molar-refractivity contribution in [3.63, 3.8) is 0 Å². The first-order valence-electron chi connectivity index (χ1n) is 2.28. The van der Waals surface area contributed by atoms with E-state index in [4.69, 9.17) is 0 Å². The summed E-state index contributed by atoms with van der Waals surface area (Å²) >= 11 is 3.28. The van der Waals surface area contributed by atoms with Gasteiger partial charge in [0.25, 0.3) is 0 Å². The van der Waals surface area contributed by atoms with Gasteiger partial charge in [-0.25, -0.2) is 0 Å². The SMILES string of the molecule is Cc1c(Br)[c]nn1C. The third kappa shape index (κ3) is 0.777. The van der Waals surface area contributed by atoms with Crippen molar-refractivity contribution in [3.05, 3.63) is 16.4 Å². The third-order valence-electron chi connectivity index (χ3n) is 1.10. The number of rotatable bonds is 0. The van der Waals surface area contributed by atoms with Crippen LogP contribution < -0.4 is 0 Å². The quantitative estimate of drug-likeness (QED) is 0.579. The number of aryl methyl sites for hydroxylation is 1. The van der Waals surface area contributed by atoms with E-state index >= 15 is 0 Å². The summed E-state index contributed by atoms with van der Waals surface area (Å²) in [6.45, 7) is 1.98. The molecule has 1 aromatic heterocycles. The van der Waals surface area contributed by atoms with E-state index in [0.717, 1.165) is 10.2 Å². The number of aromatic nitrogens is 2. The van der Waals surface area contributed by atoms with Crippen molar-refractivity contribution in [2.45, 2.75) is 6.92 Å². The van der Waals surface area contributed by atoms with Crippen LogP contribution in [0.5, 0.6) is 0 Å². The van der Waals surface area contributed by atoms with Crippen LogP contribution >= 0.6 is 15.9 Å². The molecule has 0 aliphatic heterocycles. The second-order valence-corrected chi connectivity index (χ2v) is 2.43. The molecule has 1 rings (SSSR count). The van der Waals surface area contributed by atoms with Gasteiger partial charge in [0.05, 0.1) is 4.47 Å². The lowest BCUT2D eigenvalue weighted by molar-refractivity contribution is 0.737. The lowest BCUT2D eigenvalue weighted by Crippen LogP contribution is -1.91. The highest BCUT2D eigenvalue weighted by atomic mass is 79.9. The predicted molar refractivity (Wildman–Crippen MR) is 34.5 cm³/mol. The summed E-state index contributed by atoms with van der Waals surface area (Å²) in [6, 6.07) is 0. The Morgan fingerprint density at radius 3 is 2.50 bits per heavy atom. The van der Waals surface area contributed by atoms with E-state index in [0.29, 0.717) is 0 Å². The van der Waals surface area contributed by atoms with E-state index < -0.39 is 0 Å². The number of nitrogens with zero attached hydrogens (tertiary/aromatic N) is 2. The molecule has 0 atom stereocenters. The van der Waals surface area contributed by atoms with Crippen LogP contribution in [0.15, 0.2) is 4.47 Å². The summed E-state index contributed by atoms with van der Waals surface area (Å²) in [5.74, 6) is 0. The van der Waals surface area contributed by atoms with E-state index in [1.807, 2.05) is 14.0 Å². The molecule has 0 aromatic carbocycles. The summed E-state index contributed by atoms with van der Waals surface area (Å²) in [6.07, 6.45) is 2.77. The molecule has 0 amide bonds. The fourth-order valence-electron chi connectivity index (χ4n) is 0.417. The molecule has 1 aromatic rings. The number of hydrogen-bond acceptors (Lipinski definition) is 1. The Balaban J connectivity index is 3.19. The molecule has 0 fully saturated rings. The zero-order chi connectivity index (χ0) is 6.15. The second-order valence-electron chi connectivity index (χ2n) is 1.63. The van der Waals surface area contributed by atoms with Crippen molar-refractivity contribution < 1.29 is 0 Å². The fraction of sp³-hybridized carbons (Fsp3) is 0.400. The van der Waals surface area contributed by atoms with E-state index in [9.17, 15) is 0 Å². The molecule has 1 radical (unpaired) electrons. The molecule has 2 nitrogen and oxygen atoms in total. The Hall–Kier alpha value is -0.310. The van der Waals surface area contributed by atoms with Crippen molar-refractivity contribution in [2.24, 2.45) is 7.05 Å². The smallest absolute Gasteiger partial charge is 0.128 e. The van der Waals surface area contributed by atoms with Crippen LogP contribution in [0.25, 0.3) is 0 Å². The molecule has 3 heteroatoms. The molecule has 8 heavy (non-hydrogen) atoms. The summed E-state index contributed by atoms with van der Waals surface area (Å²) in [5.41, 5.74) is 1.10. The first-order chi connectivity index (χ1) is 3.72. The minimum atomic E-state index is 0.944. The minimum Gasteiger partial charge on any atom is -0.271 e. The summed E-state index contributed by atoms with van der Waals surface area (Å²) < 4.78 is 2.71. The van der Waals surface area contributed by atoms with Crippen LogP contribution in [0, 0.1) is 13.1 Å². The van der Waals surface area contributed by atoms with Gasteiger partial charge in [0.2, 0.25) is 0 Å². The van der Waals surface area contributed by atoms with Gasteiger partial charge >= 0.3 is 0 Å². The molecule has 43 valence electrons. The Morgan fingerprint density at radius 2 is 2.38 bits per heavy atom. The average Bonchev–Trinajstić information content (AvgIpc) is 1.98.